The first-order valence-electron chi connectivity index (χ1n) is 6.26. The van der Waals surface area contributed by atoms with Crippen molar-refractivity contribution in [1.82, 2.24) is 15.3 Å². The van der Waals surface area contributed by atoms with Crippen LogP contribution in [0, 0.1) is 0 Å². The summed E-state index contributed by atoms with van der Waals surface area (Å²) in [5, 5.41) is 2.64. The van der Waals surface area contributed by atoms with Crippen molar-refractivity contribution in [3.8, 4) is 11.4 Å². The summed E-state index contributed by atoms with van der Waals surface area (Å²) in [5.41, 5.74) is 0.909. The highest BCUT2D eigenvalue weighted by Gasteiger charge is 2.10. The zero-order valence-electron chi connectivity index (χ0n) is 11.1. The van der Waals surface area contributed by atoms with Gasteiger partial charge in [-0.05, 0) is 31.2 Å². The molecule has 0 aliphatic heterocycles. The number of pyridine rings is 2. The van der Waals surface area contributed by atoms with Gasteiger partial charge in [-0.3, -0.25) is 14.6 Å². The van der Waals surface area contributed by atoms with E-state index in [1.165, 1.54) is 6.07 Å². The van der Waals surface area contributed by atoms with Crippen molar-refractivity contribution in [2.24, 2.45) is 0 Å². The number of nitrogens with one attached hydrogen (secondary N) is 2. The Morgan fingerprint density at radius 2 is 2.20 bits per heavy atom. The van der Waals surface area contributed by atoms with Gasteiger partial charge in [-0.25, -0.2) is 0 Å². The molecular weight excluding hydrogens is 254 g/mol. The minimum atomic E-state index is -0.425. The van der Waals surface area contributed by atoms with Crippen LogP contribution in [0.15, 0.2) is 53.5 Å². The van der Waals surface area contributed by atoms with Gasteiger partial charge in [0.15, 0.2) is 0 Å². The lowest BCUT2D eigenvalue weighted by Gasteiger charge is -2.04. The lowest BCUT2D eigenvalue weighted by atomic mass is 10.2. The molecule has 2 rings (SSSR count). The Morgan fingerprint density at radius 1 is 1.35 bits per heavy atom. The first-order valence-corrected chi connectivity index (χ1v) is 6.26. The van der Waals surface area contributed by atoms with Gasteiger partial charge in [0.1, 0.15) is 5.56 Å². The first-order chi connectivity index (χ1) is 9.72. The molecular formula is C15H15N3O2. The van der Waals surface area contributed by atoms with Gasteiger partial charge in [0.25, 0.3) is 11.5 Å². The zero-order valence-corrected chi connectivity index (χ0v) is 11.1. The molecule has 2 N–H and O–H groups in total. The van der Waals surface area contributed by atoms with Gasteiger partial charge >= 0.3 is 0 Å². The highest BCUT2D eigenvalue weighted by atomic mass is 16.2. The molecule has 1 amide bonds. The molecule has 102 valence electrons. The van der Waals surface area contributed by atoms with Crippen molar-refractivity contribution in [3.05, 3.63) is 64.6 Å². The Bertz CT molecular complexity index is 675. The molecule has 0 aliphatic rings. The SMILES string of the molecule is C/C=C/CNC(=O)c1ccc(-c2ccccn2)[nH]c1=O. The number of rotatable bonds is 4. The molecule has 0 aromatic carbocycles. The van der Waals surface area contributed by atoms with E-state index in [4.69, 9.17) is 0 Å². The van der Waals surface area contributed by atoms with Gasteiger partial charge in [-0.2, -0.15) is 0 Å². The van der Waals surface area contributed by atoms with Gasteiger partial charge in [-0.1, -0.05) is 18.2 Å². The van der Waals surface area contributed by atoms with Crippen molar-refractivity contribution in [1.29, 1.82) is 0 Å². The number of hydrogen-bond donors (Lipinski definition) is 2. The van der Waals surface area contributed by atoms with E-state index in [0.29, 0.717) is 17.9 Å². The number of aromatic nitrogens is 2. The van der Waals surface area contributed by atoms with Gasteiger partial charge in [-0.15, -0.1) is 0 Å². The Kier molecular flexibility index (Phi) is 4.44. The molecule has 0 bridgehead atoms. The maximum absolute atomic E-state index is 11.9. The van der Waals surface area contributed by atoms with Crippen LogP contribution in [0.1, 0.15) is 17.3 Å². The molecule has 5 heteroatoms. The highest BCUT2D eigenvalue weighted by molar-refractivity contribution is 5.94. The molecule has 0 atom stereocenters. The Labute approximate surface area is 116 Å². The van der Waals surface area contributed by atoms with Crippen LogP contribution in [0.5, 0.6) is 0 Å². The second-order valence-electron chi connectivity index (χ2n) is 4.11. The predicted molar refractivity (Wildman–Crippen MR) is 77.4 cm³/mol. The third-order valence-electron chi connectivity index (χ3n) is 2.71. The molecule has 20 heavy (non-hydrogen) atoms. The van der Waals surface area contributed by atoms with E-state index in [1.54, 1.807) is 30.5 Å². The van der Waals surface area contributed by atoms with E-state index in [2.05, 4.69) is 15.3 Å². The molecule has 0 saturated carbocycles. The van der Waals surface area contributed by atoms with Gasteiger partial charge in [0, 0.05) is 12.7 Å². The normalized spacial score (nSPS) is 10.7. The number of amides is 1. The van der Waals surface area contributed by atoms with Crippen LogP contribution in [-0.2, 0) is 0 Å². The second-order valence-corrected chi connectivity index (χ2v) is 4.11. The summed E-state index contributed by atoms with van der Waals surface area (Å²) in [6.45, 7) is 2.26. The summed E-state index contributed by atoms with van der Waals surface area (Å²) in [4.78, 5) is 30.5. The van der Waals surface area contributed by atoms with Crippen molar-refractivity contribution < 1.29 is 4.79 Å². The molecule has 0 saturated heterocycles. The number of allylic oxidation sites excluding steroid dienone is 1. The number of carbonyl (C=O) groups excluding carboxylic acids is 1. The van der Waals surface area contributed by atoms with Gasteiger partial charge < -0.3 is 10.3 Å². The monoisotopic (exact) mass is 269 g/mol. The predicted octanol–water partition coefficient (Wildman–Crippen LogP) is 1.74. The summed E-state index contributed by atoms with van der Waals surface area (Å²) >= 11 is 0. The molecule has 0 spiro atoms. The third-order valence-corrected chi connectivity index (χ3v) is 2.71. The maximum atomic E-state index is 11.9. The van der Waals surface area contributed by atoms with Crippen LogP contribution < -0.4 is 10.9 Å². The number of hydrogen-bond acceptors (Lipinski definition) is 3. The summed E-state index contributed by atoms with van der Waals surface area (Å²) in [7, 11) is 0. The fourth-order valence-electron chi connectivity index (χ4n) is 1.69. The summed E-state index contributed by atoms with van der Waals surface area (Å²) < 4.78 is 0. The average Bonchev–Trinajstić information content (AvgIpc) is 2.48. The average molecular weight is 269 g/mol. The standard InChI is InChI=1S/C15H15N3O2/c1-2-3-9-17-14(19)11-7-8-13(18-15(11)20)12-6-4-5-10-16-12/h2-8,10H,9H2,1H3,(H,17,19)(H,18,20)/b3-2+. The minimum Gasteiger partial charge on any atom is -0.348 e. The van der Waals surface area contributed by atoms with E-state index in [-0.39, 0.29) is 5.56 Å². The fraction of sp³-hybridized carbons (Fsp3) is 0.133. The zero-order chi connectivity index (χ0) is 14.4. The van der Waals surface area contributed by atoms with Crippen LogP contribution in [-0.4, -0.2) is 22.4 Å². The molecule has 0 unspecified atom stereocenters. The van der Waals surface area contributed by atoms with E-state index < -0.39 is 11.5 Å². The Hall–Kier alpha value is -2.69. The molecule has 0 aliphatic carbocycles. The lowest BCUT2D eigenvalue weighted by Crippen LogP contribution is -2.29. The minimum absolute atomic E-state index is 0.0918. The molecule has 2 aromatic heterocycles. The lowest BCUT2D eigenvalue weighted by molar-refractivity contribution is 0.0956. The molecule has 0 radical (unpaired) electrons. The van der Waals surface area contributed by atoms with Crippen LogP contribution >= 0.6 is 0 Å². The van der Waals surface area contributed by atoms with E-state index >= 15 is 0 Å². The van der Waals surface area contributed by atoms with Gasteiger partial charge in [0.2, 0.25) is 0 Å². The van der Waals surface area contributed by atoms with Crippen LogP contribution in [0.4, 0.5) is 0 Å². The summed E-state index contributed by atoms with van der Waals surface area (Å²) in [6.07, 6.45) is 5.27. The van der Waals surface area contributed by atoms with E-state index in [0.717, 1.165) is 0 Å². The topological polar surface area (TPSA) is 74.8 Å². The quantitative estimate of drug-likeness (QED) is 0.830. The molecule has 0 fully saturated rings. The largest absolute Gasteiger partial charge is 0.348 e. The van der Waals surface area contributed by atoms with Crippen molar-refractivity contribution in [2.45, 2.75) is 6.92 Å². The Balaban J connectivity index is 2.22. The maximum Gasteiger partial charge on any atom is 0.261 e. The number of aromatic amines is 1. The smallest absolute Gasteiger partial charge is 0.261 e. The highest BCUT2D eigenvalue weighted by Crippen LogP contribution is 2.11. The van der Waals surface area contributed by atoms with Crippen molar-refractivity contribution in [3.63, 3.8) is 0 Å². The molecule has 2 aromatic rings. The Morgan fingerprint density at radius 3 is 2.85 bits per heavy atom. The molecule has 2 heterocycles. The fourth-order valence-corrected chi connectivity index (χ4v) is 1.69. The van der Waals surface area contributed by atoms with Crippen LogP contribution in [0.3, 0.4) is 0 Å². The van der Waals surface area contributed by atoms with Crippen molar-refractivity contribution >= 4 is 5.91 Å². The number of carbonyl (C=O) groups is 1. The number of H-pyrrole nitrogens is 1. The van der Waals surface area contributed by atoms with Gasteiger partial charge in [0.05, 0.1) is 11.4 Å². The first kappa shape index (κ1) is 13.7. The number of nitrogens with zero attached hydrogens (tertiary/aromatic N) is 1. The van der Waals surface area contributed by atoms with Crippen molar-refractivity contribution in [2.75, 3.05) is 6.54 Å². The van der Waals surface area contributed by atoms with E-state index in [9.17, 15) is 9.59 Å². The third kappa shape index (κ3) is 3.20. The van der Waals surface area contributed by atoms with Crippen LogP contribution in [0.2, 0.25) is 0 Å². The summed E-state index contributed by atoms with van der Waals surface area (Å²) in [5.74, 6) is -0.392. The van der Waals surface area contributed by atoms with Crippen LogP contribution in [0.25, 0.3) is 11.4 Å². The second kappa shape index (κ2) is 6.47. The molecule has 5 nitrogen and oxygen atoms in total. The van der Waals surface area contributed by atoms with E-state index in [1.807, 2.05) is 19.1 Å². The summed E-state index contributed by atoms with van der Waals surface area (Å²) in [6, 6.07) is 8.60.